The number of rotatable bonds is 1. The minimum absolute atomic E-state index is 0. The number of fused-ring (bicyclic) bond motifs is 1. The molecule has 33 heavy (non-hydrogen) atoms. The van der Waals surface area contributed by atoms with Crippen LogP contribution in [0.4, 0.5) is 13.2 Å². The molecule has 1 aliphatic carbocycles. The number of halogens is 5. The van der Waals surface area contributed by atoms with E-state index in [2.05, 4.69) is 46.9 Å². The van der Waals surface area contributed by atoms with Crippen molar-refractivity contribution in [3.05, 3.63) is 88.8 Å². The van der Waals surface area contributed by atoms with Gasteiger partial charge < -0.3 is 24.8 Å². The molecule has 3 aromatic rings. The third-order valence-corrected chi connectivity index (χ3v) is 5.19. The first-order valence-corrected chi connectivity index (χ1v) is 16.3. The molecule has 0 spiro atoms. The van der Waals surface area contributed by atoms with Gasteiger partial charge in [0.2, 0.25) is 0 Å². The molecule has 0 aromatic heterocycles. The second kappa shape index (κ2) is 14.4. The molecular formula is C26H27Cl2F3SiZr-2. The first kappa shape index (κ1) is 32.0. The Kier molecular flexibility index (Phi) is 14.0. The van der Waals surface area contributed by atoms with Crippen molar-refractivity contribution in [1.82, 2.24) is 0 Å². The van der Waals surface area contributed by atoms with Gasteiger partial charge in [-0.2, -0.15) is 11.1 Å². The predicted octanol–water partition coefficient (Wildman–Crippen LogP) is 2.16. The summed E-state index contributed by atoms with van der Waals surface area (Å²) in [4.78, 5) is 0. The summed E-state index contributed by atoms with van der Waals surface area (Å²) < 4.78 is 40.3. The summed E-state index contributed by atoms with van der Waals surface area (Å²) in [5.41, 5.74) is 4.72. The number of allylic oxidation sites excluding steroid dienone is 4. The molecule has 0 saturated heterocycles. The van der Waals surface area contributed by atoms with E-state index in [0.717, 1.165) is 10.8 Å². The van der Waals surface area contributed by atoms with E-state index in [9.17, 15) is 13.2 Å². The number of benzene rings is 2. The van der Waals surface area contributed by atoms with Gasteiger partial charge in [-0.1, -0.05) is 32.8 Å². The van der Waals surface area contributed by atoms with Gasteiger partial charge in [-0.3, -0.25) is 6.08 Å². The smallest absolute Gasteiger partial charge is 0.129 e. The molecule has 1 atom stereocenters. The Morgan fingerprint density at radius 2 is 1.48 bits per heavy atom. The molecule has 0 bridgehead atoms. The van der Waals surface area contributed by atoms with E-state index in [1.165, 1.54) is 16.7 Å². The van der Waals surface area contributed by atoms with Gasteiger partial charge in [-0.05, 0) is 0 Å². The fraction of sp³-hybridized carbons (Fsp3) is 0.269. The van der Waals surface area contributed by atoms with Crippen LogP contribution in [0.2, 0.25) is 13.1 Å². The summed E-state index contributed by atoms with van der Waals surface area (Å²) >= 11 is 1.74. The van der Waals surface area contributed by atoms with E-state index in [-0.39, 0.29) is 35.8 Å². The summed E-state index contributed by atoms with van der Waals surface area (Å²) in [5, 5.41) is 1.65. The van der Waals surface area contributed by atoms with Crippen LogP contribution in [-0.2, 0) is 23.3 Å². The van der Waals surface area contributed by atoms with Crippen molar-refractivity contribution >= 4 is 16.2 Å². The molecule has 3 aromatic carbocycles. The number of hydrogen-bond acceptors (Lipinski definition) is 0. The van der Waals surface area contributed by atoms with E-state index in [0.29, 0.717) is 23.6 Å². The number of hydrogen-bond donors (Lipinski definition) is 0. The molecule has 0 amide bonds. The van der Waals surface area contributed by atoms with Crippen molar-refractivity contribution in [2.24, 2.45) is 5.92 Å². The maximum Gasteiger partial charge on any atom is 0.129 e. The van der Waals surface area contributed by atoms with Crippen molar-refractivity contribution in [2.75, 3.05) is 0 Å². The van der Waals surface area contributed by atoms with Gasteiger partial charge in [0.05, 0.1) is 0 Å². The Balaban J connectivity index is 0.000000580. The van der Waals surface area contributed by atoms with Crippen LogP contribution in [0.25, 0.3) is 21.9 Å². The van der Waals surface area contributed by atoms with Crippen LogP contribution in [0.5, 0.6) is 0 Å². The molecular weight excluding hydrogens is 559 g/mol. The van der Waals surface area contributed by atoms with Gasteiger partial charge >= 0.3 is 41.9 Å². The summed E-state index contributed by atoms with van der Waals surface area (Å²) in [5.74, 6) is -2.12. The van der Waals surface area contributed by atoms with Gasteiger partial charge in [0.15, 0.2) is 0 Å². The van der Waals surface area contributed by atoms with Gasteiger partial charge in [-0.25, -0.2) is 18.7 Å². The first-order chi connectivity index (χ1) is 14.5. The minimum Gasteiger partial charge on any atom is -1.00 e. The van der Waals surface area contributed by atoms with Crippen molar-refractivity contribution in [1.29, 1.82) is 0 Å². The largest absolute Gasteiger partial charge is 1.00 e. The topological polar surface area (TPSA) is 0 Å². The monoisotopic (exact) mass is 584 g/mol. The van der Waals surface area contributed by atoms with E-state index in [4.69, 9.17) is 0 Å². The van der Waals surface area contributed by atoms with Crippen LogP contribution in [-0.4, -0.2) is 5.43 Å². The van der Waals surface area contributed by atoms with Crippen LogP contribution in [0.1, 0.15) is 27.7 Å². The van der Waals surface area contributed by atoms with E-state index >= 15 is 0 Å². The second-order valence-corrected chi connectivity index (χ2v) is 17.3. The average Bonchev–Trinajstić information content (AvgIpc) is 3.18. The van der Waals surface area contributed by atoms with Gasteiger partial charge in [0.1, 0.15) is 17.5 Å². The van der Waals surface area contributed by atoms with E-state index < -0.39 is 17.5 Å². The molecule has 0 nitrogen and oxygen atoms in total. The molecule has 176 valence electrons. The fourth-order valence-corrected chi connectivity index (χ4v) is 3.33. The van der Waals surface area contributed by atoms with Crippen LogP contribution < -0.4 is 24.8 Å². The van der Waals surface area contributed by atoms with Crippen LogP contribution in [0, 0.1) is 29.4 Å². The Morgan fingerprint density at radius 3 is 1.91 bits per heavy atom. The van der Waals surface area contributed by atoms with Crippen LogP contribution in [0.15, 0.2) is 65.3 Å². The van der Waals surface area contributed by atoms with Gasteiger partial charge in [0, 0.05) is 17.7 Å². The Labute approximate surface area is 222 Å². The predicted molar refractivity (Wildman–Crippen MR) is 122 cm³/mol. The van der Waals surface area contributed by atoms with Crippen molar-refractivity contribution < 1.29 is 61.3 Å². The standard InChI is InChI=1S/C15H8F3.C9H13.C2H6Si.2ClH.Zr/c16-10-7-13(17)15(14(18)8-10)12-6-5-9-3-1-2-4-11(9)12;1-6-5-7(2)9(4)8(6)3;1-3-2;;;/h1-8H;6H,1-4H3;1-2H3;2*1H;/q2*-1;;;;+2/p-2. The maximum atomic E-state index is 13.7. The molecule has 1 aliphatic rings. The van der Waals surface area contributed by atoms with Gasteiger partial charge in [0.25, 0.3) is 0 Å². The SMILES string of the molecule is CC1=[C-]C(C)C(C)=C1C.C[Si](C)=[Zr+2].Fc1cc(F)c(-c2c[cH-]c3ccccc23)c(F)c1.[Cl-].[Cl-]. The quantitative estimate of drug-likeness (QED) is 0.303. The van der Waals surface area contributed by atoms with Gasteiger partial charge in [-0.15, -0.1) is 53.6 Å². The fourth-order valence-electron chi connectivity index (χ4n) is 3.33. The molecule has 7 heteroatoms. The molecule has 0 saturated carbocycles. The zero-order valence-electron chi connectivity index (χ0n) is 19.6. The summed E-state index contributed by atoms with van der Waals surface area (Å²) in [6.07, 6.45) is 3.36. The van der Waals surface area contributed by atoms with Crippen molar-refractivity contribution in [3.8, 4) is 11.1 Å². The summed E-state index contributed by atoms with van der Waals surface area (Å²) in [7, 11) is 0. The van der Waals surface area contributed by atoms with Crippen molar-refractivity contribution in [2.45, 2.75) is 40.8 Å². The van der Waals surface area contributed by atoms with Crippen molar-refractivity contribution in [3.63, 3.8) is 0 Å². The Bertz CT molecular complexity index is 1140. The molecule has 1 unspecified atom stereocenters. The van der Waals surface area contributed by atoms with Crippen LogP contribution in [0.3, 0.4) is 0 Å². The first-order valence-electron chi connectivity index (χ1n) is 10.1. The Morgan fingerprint density at radius 1 is 0.970 bits per heavy atom. The summed E-state index contributed by atoms with van der Waals surface area (Å²) in [6.45, 7) is 13.3. The zero-order valence-corrected chi connectivity index (χ0v) is 24.6. The zero-order chi connectivity index (χ0) is 23.3. The molecule has 0 heterocycles. The molecule has 0 fully saturated rings. The molecule has 0 radical (unpaired) electrons. The normalized spacial score (nSPS) is 14.3. The third-order valence-electron chi connectivity index (χ3n) is 5.19. The van der Waals surface area contributed by atoms with E-state index in [1.54, 1.807) is 47.6 Å². The maximum absolute atomic E-state index is 13.7. The third kappa shape index (κ3) is 8.62. The summed E-state index contributed by atoms with van der Waals surface area (Å²) in [6, 6.07) is 12.1. The molecule has 4 rings (SSSR count). The average molecular weight is 587 g/mol. The van der Waals surface area contributed by atoms with E-state index in [1.807, 2.05) is 12.1 Å². The minimum atomic E-state index is -0.912. The molecule has 0 N–H and O–H groups in total. The molecule has 0 aliphatic heterocycles. The Hall–Kier alpha value is -1.00. The second-order valence-electron chi connectivity index (χ2n) is 7.88. The van der Waals surface area contributed by atoms with Crippen LogP contribution >= 0.6 is 0 Å².